The van der Waals surface area contributed by atoms with Gasteiger partial charge in [0.25, 0.3) is 0 Å². The Morgan fingerprint density at radius 2 is 2.25 bits per heavy atom. The maximum atomic E-state index is 8.74. The lowest BCUT2D eigenvalue weighted by atomic mass is 10.5. The summed E-state index contributed by atoms with van der Waals surface area (Å²) < 4.78 is 8.74. The van der Waals surface area contributed by atoms with E-state index in [1.807, 2.05) is 19.1 Å². The lowest BCUT2D eigenvalue weighted by molar-refractivity contribution is 0.405. The Balaban J connectivity index is 0.000000261. The first-order valence-corrected chi connectivity index (χ1v) is 4.37. The van der Waals surface area contributed by atoms with E-state index in [-0.39, 0.29) is 0 Å². The molecule has 1 aromatic rings. The normalized spacial score (nSPS) is 10.0. The Morgan fingerprint density at radius 1 is 1.67 bits per heavy atom. The topological polar surface area (TPSA) is 99.1 Å². The SMILES string of the molecule is CC=Cc1nc[nH]n1.O=[PH](O)O. The first-order valence-electron chi connectivity index (χ1n) is 3.07. The summed E-state index contributed by atoms with van der Waals surface area (Å²) in [4.78, 5) is 18.2. The van der Waals surface area contributed by atoms with Crippen LogP contribution in [0.2, 0.25) is 0 Å². The molecule has 12 heavy (non-hydrogen) atoms. The molecule has 0 saturated carbocycles. The fourth-order valence-electron chi connectivity index (χ4n) is 0.448. The van der Waals surface area contributed by atoms with Gasteiger partial charge in [0, 0.05) is 0 Å². The smallest absolute Gasteiger partial charge is 0.314 e. The summed E-state index contributed by atoms with van der Waals surface area (Å²) in [6.45, 7) is 1.93. The number of aromatic amines is 1. The van der Waals surface area contributed by atoms with Gasteiger partial charge < -0.3 is 9.79 Å². The average molecular weight is 191 g/mol. The van der Waals surface area contributed by atoms with Crippen molar-refractivity contribution >= 4 is 14.3 Å². The number of nitrogens with zero attached hydrogens (tertiary/aromatic N) is 2. The predicted octanol–water partition coefficient (Wildman–Crippen LogP) is 0.198. The summed E-state index contributed by atoms with van der Waals surface area (Å²) in [6.07, 6.45) is 5.27. The molecule has 0 spiro atoms. The third kappa shape index (κ3) is 7.14. The van der Waals surface area contributed by atoms with Crippen LogP contribution in [0, 0.1) is 0 Å². The molecule has 0 saturated heterocycles. The third-order valence-corrected chi connectivity index (χ3v) is 0.749. The van der Waals surface area contributed by atoms with Crippen molar-refractivity contribution in [3.8, 4) is 0 Å². The van der Waals surface area contributed by atoms with E-state index in [1.165, 1.54) is 0 Å². The minimum Gasteiger partial charge on any atom is -0.326 e. The number of hydrogen-bond acceptors (Lipinski definition) is 3. The molecule has 6 nitrogen and oxygen atoms in total. The van der Waals surface area contributed by atoms with Gasteiger partial charge in [0.1, 0.15) is 6.33 Å². The molecule has 0 radical (unpaired) electrons. The second-order valence-corrected chi connectivity index (χ2v) is 2.21. The molecule has 3 N–H and O–H groups in total. The minimum absolute atomic E-state index is 0.729. The highest BCUT2D eigenvalue weighted by molar-refractivity contribution is 7.30. The van der Waals surface area contributed by atoms with Crippen LogP contribution < -0.4 is 0 Å². The molecule has 1 aromatic heterocycles. The van der Waals surface area contributed by atoms with E-state index in [0.717, 1.165) is 5.82 Å². The lowest BCUT2D eigenvalue weighted by Gasteiger charge is -1.72. The Hall–Kier alpha value is -0.970. The number of allylic oxidation sites excluding steroid dienone is 1. The highest BCUT2D eigenvalue weighted by atomic mass is 31.1. The van der Waals surface area contributed by atoms with Gasteiger partial charge >= 0.3 is 8.25 Å². The summed E-state index contributed by atoms with van der Waals surface area (Å²) in [6, 6.07) is 0. The van der Waals surface area contributed by atoms with E-state index < -0.39 is 8.25 Å². The maximum absolute atomic E-state index is 8.74. The molecule has 0 unspecified atom stereocenters. The van der Waals surface area contributed by atoms with E-state index in [9.17, 15) is 0 Å². The van der Waals surface area contributed by atoms with Crippen LogP contribution in [-0.2, 0) is 4.57 Å². The second kappa shape index (κ2) is 6.72. The molecule has 0 bridgehead atoms. The molecule has 0 fully saturated rings. The van der Waals surface area contributed by atoms with Gasteiger partial charge in [0.15, 0.2) is 5.82 Å². The number of rotatable bonds is 1. The minimum atomic E-state index is -3.13. The quantitative estimate of drug-likeness (QED) is 0.550. The highest BCUT2D eigenvalue weighted by Crippen LogP contribution is 1.98. The number of aromatic nitrogens is 3. The van der Waals surface area contributed by atoms with Crippen LogP contribution in [-0.4, -0.2) is 25.0 Å². The molecule has 0 amide bonds. The molecule has 1 heterocycles. The van der Waals surface area contributed by atoms with Gasteiger partial charge in [-0.1, -0.05) is 6.08 Å². The zero-order valence-electron chi connectivity index (χ0n) is 6.43. The summed E-state index contributed by atoms with van der Waals surface area (Å²) in [7, 11) is -3.13. The van der Waals surface area contributed by atoms with Crippen LogP contribution in [0.4, 0.5) is 0 Å². The van der Waals surface area contributed by atoms with E-state index in [2.05, 4.69) is 15.2 Å². The molecule has 7 heteroatoms. The molecule has 0 aromatic carbocycles. The van der Waals surface area contributed by atoms with Crippen LogP contribution in [0.15, 0.2) is 12.4 Å². The van der Waals surface area contributed by atoms with Crippen molar-refractivity contribution in [1.29, 1.82) is 0 Å². The molecule has 68 valence electrons. The summed E-state index contributed by atoms with van der Waals surface area (Å²) >= 11 is 0. The van der Waals surface area contributed by atoms with Crippen molar-refractivity contribution < 1.29 is 14.4 Å². The Morgan fingerprint density at radius 3 is 2.58 bits per heavy atom. The van der Waals surface area contributed by atoms with Crippen molar-refractivity contribution in [1.82, 2.24) is 15.2 Å². The molecular formula is C5H10N3O3P. The van der Waals surface area contributed by atoms with Crippen LogP contribution >= 0.6 is 8.25 Å². The molecule has 1 rings (SSSR count). The van der Waals surface area contributed by atoms with E-state index in [4.69, 9.17) is 14.4 Å². The van der Waals surface area contributed by atoms with Crippen LogP contribution in [0.1, 0.15) is 12.7 Å². The largest absolute Gasteiger partial charge is 0.326 e. The standard InChI is InChI=1S/C5H7N3.H3O3P/c1-2-3-5-6-4-7-8-5;1-4(2)3/h2-4H,1H3,(H,6,7,8);4H,(H2,1,2,3). The molecule has 0 aliphatic heterocycles. The fourth-order valence-corrected chi connectivity index (χ4v) is 0.448. The molecule has 0 aliphatic carbocycles. The van der Waals surface area contributed by atoms with Crippen molar-refractivity contribution in [3.05, 3.63) is 18.2 Å². The van der Waals surface area contributed by atoms with Crippen molar-refractivity contribution in [2.24, 2.45) is 0 Å². The van der Waals surface area contributed by atoms with Gasteiger partial charge in [-0.05, 0) is 13.0 Å². The maximum Gasteiger partial charge on any atom is 0.314 e. The number of nitrogens with one attached hydrogen (secondary N) is 1. The van der Waals surface area contributed by atoms with Gasteiger partial charge in [0.05, 0.1) is 0 Å². The van der Waals surface area contributed by atoms with Crippen LogP contribution in [0.5, 0.6) is 0 Å². The van der Waals surface area contributed by atoms with Gasteiger partial charge in [-0.25, -0.2) is 4.98 Å². The van der Waals surface area contributed by atoms with Crippen LogP contribution in [0.25, 0.3) is 6.08 Å². The van der Waals surface area contributed by atoms with Gasteiger partial charge in [-0.2, -0.15) is 5.10 Å². The van der Waals surface area contributed by atoms with Gasteiger partial charge in [-0.3, -0.25) is 9.66 Å². The second-order valence-electron chi connectivity index (χ2n) is 1.64. The zero-order chi connectivity index (χ0) is 9.40. The first kappa shape index (κ1) is 11.0. The Labute approximate surface area is 69.9 Å². The van der Waals surface area contributed by atoms with Crippen molar-refractivity contribution in [2.75, 3.05) is 0 Å². The van der Waals surface area contributed by atoms with E-state index >= 15 is 0 Å². The summed E-state index contributed by atoms with van der Waals surface area (Å²) in [5, 5.41) is 6.39. The first-order chi connectivity index (χ1) is 5.66. The third-order valence-electron chi connectivity index (χ3n) is 0.749. The van der Waals surface area contributed by atoms with Crippen molar-refractivity contribution in [3.63, 3.8) is 0 Å². The Bertz CT molecular complexity index is 242. The molecule has 0 aliphatic rings. The lowest BCUT2D eigenvalue weighted by Crippen LogP contribution is -1.71. The summed E-state index contributed by atoms with van der Waals surface area (Å²) in [5.41, 5.74) is 0. The molecule has 0 atom stereocenters. The van der Waals surface area contributed by atoms with Crippen molar-refractivity contribution in [2.45, 2.75) is 6.92 Å². The van der Waals surface area contributed by atoms with Gasteiger partial charge in [-0.15, -0.1) is 0 Å². The van der Waals surface area contributed by atoms with Crippen LogP contribution in [0.3, 0.4) is 0 Å². The zero-order valence-corrected chi connectivity index (χ0v) is 7.43. The summed E-state index contributed by atoms with van der Waals surface area (Å²) in [5.74, 6) is 0.729. The fraction of sp³-hybridized carbons (Fsp3) is 0.200. The Kier molecular flexibility index (Phi) is 6.18. The highest BCUT2D eigenvalue weighted by Gasteiger charge is 1.82. The average Bonchev–Trinajstić information content (AvgIpc) is 2.39. The number of H-pyrrole nitrogens is 1. The predicted molar refractivity (Wildman–Crippen MR) is 44.5 cm³/mol. The number of hydrogen-bond donors (Lipinski definition) is 3. The van der Waals surface area contributed by atoms with E-state index in [1.54, 1.807) is 6.33 Å². The van der Waals surface area contributed by atoms with E-state index in [0.29, 0.717) is 0 Å². The monoisotopic (exact) mass is 191 g/mol. The molecular weight excluding hydrogens is 181 g/mol. The van der Waals surface area contributed by atoms with Gasteiger partial charge in [0.2, 0.25) is 0 Å².